The highest BCUT2D eigenvalue weighted by molar-refractivity contribution is 7.90. The minimum Gasteiger partial charge on any atom is -0.264 e. The summed E-state index contributed by atoms with van der Waals surface area (Å²) in [6.07, 6.45) is 7.72. The zero-order valence-corrected chi connectivity index (χ0v) is 21.3. The van der Waals surface area contributed by atoms with Crippen LogP contribution >= 0.6 is 0 Å². The average Bonchev–Trinajstić information content (AvgIpc) is 3.33. The Labute approximate surface area is 215 Å². The standard InChI is InChI=1S/C30H24N4O2S/c1-3-23-17-26(22-6-4-14-31-18-22)27-16-21(10-13-29(27)33-23)28-19-34(30-25(28)7-5-15-32-30)37(35,36)24-11-8-20(2)9-12-24/h4-19H,3H2,1-2H3. The number of fused-ring (bicyclic) bond motifs is 2. The molecule has 0 unspecified atom stereocenters. The van der Waals surface area contributed by atoms with E-state index in [4.69, 9.17) is 4.98 Å². The zero-order chi connectivity index (χ0) is 25.6. The molecule has 0 saturated carbocycles. The normalized spacial score (nSPS) is 11.8. The summed E-state index contributed by atoms with van der Waals surface area (Å²) in [6, 6.07) is 22.7. The van der Waals surface area contributed by atoms with Crippen LogP contribution in [0.4, 0.5) is 0 Å². The molecule has 0 fully saturated rings. The van der Waals surface area contributed by atoms with Gasteiger partial charge in [0.2, 0.25) is 0 Å². The Balaban J connectivity index is 1.58. The van der Waals surface area contributed by atoms with Gasteiger partial charge in [0.1, 0.15) is 0 Å². The molecule has 182 valence electrons. The Kier molecular flexibility index (Phi) is 5.57. The number of benzene rings is 2. The van der Waals surface area contributed by atoms with Crippen molar-refractivity contribution in [3.63, 3.8) is 0 Å². The van der Waals surface area contributed by atoms with Crippen LogP contribution in [0.25, 0.3) is 44.2 Å². The lowest BCUT2D eigenvalue weighted by Crippen LogP contribution is -2.12. The summed E-state index contributed by atoms with van der Waals surface area (Å²) >= 11 is 0. The van der Waals surface area contributed by atoms with Crippen LogP contribution in [0.15, 0.2) is 102 Å². The van der Waals surface area contributed by atoms with Crippen molar-refractivity contribution in [1.29, 1.82) is 0 Å². The number of rotatable bonds is 5. The highest BCUT2D eigenvalue weighted by atomic mass is 32.2. The third kappa shape index (κ3) is 3.97. The molecular weight excluding hydrogens is 480 g/mol. The van der Waals surface area contributed by atoms with E-state index in [0.717, 1.165) is 56.2 Å². The molecule has 2 aromatic carbocycles. The van der Waals surface area contributed by atoms with Crippen molar-refractivity contribution < 1.29 is 8.42 Å². The maximum absolute atomic E-state index is 13.6. The van der Waals surface area contributed by atoms with Gasteiger partial charge in [-0.1, -0.05) is 36.8 Å². The summed E-state index contributed by atoms with van der Waals surface area (Å²) in [7, 11) is -3.84. The fourth-order valence-corrected chi connectivity index (χ4v) is 5.98. The molecule has 7 heteroatoms. The lowest BCUT2D eigenvalue weighted by molar-refractivity contribution is 0.589. The first-order chi connectivity index (χ1) is 18.0. The summed E-state index contributed by atoms with van der Waals surface area (Å²) in [5.41, 5.74) is 7.01. The number of pyridine rings is 3. The number of nitrogens with zero attached hydrogens (tertiary/aromatic N) is 4. The van der Waals surface area contributed by atoms with Crippen molar-refractivity contribution in [2.45, 2.75) is 25.2 Å². The van der Waals surface area contributed by atoms with E-state index in [1.54, 1.807) is 42.9 Å². The van der Waals surface area contributed by atoms with Crippen LogP contribution in [0, 0.1) is 6.92 Å². The fraction of sp³-hybridized carbons (Fsp3) is 0.100. The van der Waals surface area contributed by atoms with Gasteiger partial charge in [0.15, 0.2) is 5.65 Å². The molecule has 0 aliphatic carbocycles. The Morgan fingerprint density at radius 1 is 0.838 bits per heavy atom. The van der Waals surface area contributed by atoms with Crippen molar-refractivity contribution in [3.05, 3.63) is 109 Å². The molecule has 6 aromatic rings. The van der Waals surface area contributed by atoms with E-state index in [2.05, 4.69) is 29.0 Å². The summed E-state index contributed by atoms with van der Waals surface area (Å²) in [6.45, 7) is 4.02. The molecule has 0 aliphatic rings. The average molecular weight is 505 g/mol. The summed E-state index contributed by atoms with van der Waals surface area (Å²) in [5.74, 6) is 0. The second-order valence-electron chi connectivity index (χ2n) is 9.02. The Bertz CT molecular complexity index is 1880. The minimum absolute atomic E-state index is 0.223. The van der Waals surface area contributed by atoms with Crippen LogP contribution in [0.1, 0.15) is 18.2 Å². The second kappa shape index (κ2) is 8.94. The van der Waals surface area contributed by atoms with Crippen LogP contribution in [-0.2, 0) is 16.4 Å². The molecule has 0 radical (unpaired) electrons. The second-order valence-corrected chi connectivity index (χ2v) is 10.8. The van der Waals surface area contributed by atoms with Crippen LogP contribution < -0.4 is 0 Å². The SMILES string of the molecule is CCc1cc(-c2cccnc2)c2cc(-c3cn(S(=O)(=O)c4ccc(C)cc4)c4ncccc34)ccc2n1. The molecule has 0 N–H and O–H groups in total. The van der Waals surface area contributed by atoms with Gasteiger partial charge < -0.3 is 0 Å². The molecule has 0 saturated heterocycles. The van der Waals surface area contributed by atoms with E-state index in [-0.39, 0.29) is 4.90 Å². The minimum atomic E-state index is -3.84. The molecule has 6 nitrogen and oxygen atoms in total. The smallest absolute Gasteiger partial charge is 0.264 e. The highest BCUT2D eigenvalue weighted by Gasteiger charge is 2.23. The number of aromatic nitrogens is 4. The number of hydrogen-bond donors (Lipinski definition) is 0. The zero-order valence-electron chi connectivity index (χ0n) is 20.5. The molecule has 0 atom stereocenters. The molecule has 0 spiro atoms. The number of hydrogen-bond acceptors (Lipinski definition) is 5. The lowest BCUT2D eigenvalue weighted by Gasteiger charge is -2.11. The van der Waals surface area contributed by atoms with E-state index in [9.17, 15) is 8.42 Å². The molecule has 4 aromatic heterocycles. The van der Waals surface area contributed by atoms with E-state index < -0.39 is 10.0 Å². The van der Waals surface area contributed by atoms with Crippen LogP contribution in [-0.4, -0.2) is 27.3 Å². The monoisotopic (exact) mass is 504 g/mol. The molecule has 4 heterocycles. The van der Waals surface area contributed by atoms with Gasteiger partial charge in [0.05, 0.1) is 10.4 Å². The molecule has 0 amide bonds. The van der Waals surface area contributed by atoms with Crippen LogP contribution in [0.3, 0.4) is 0 Å². The molecule has 37 heavy (non-hydrogen) atoms. The molecular formula is C30H24N4O2S. The van der Waals surface area contributed by atoms with Crippen molar-refractivity contribution in [2.75, 3.05) is 0 Å². The maximum atomic E-state index is 13.6. The molecule has 6 rings (SSSR count). The third-order valence-electron chi connectivity index (χ3n) is 6.62. The predicted molar refractivity (Wildman–Crippen MR) is 147 cm³/mol. The quantitative estimate of drug-likeness (QED) is 0.271. The summed E-state index contributed by atoms with van der Waals surface area (Å²) in [4.78, 5) is 13.8. The Morgan fingerprint density at radius 3 is 2.41 bits per heavy atom. The van der Waals surface area contributed by atoms with Gasteiger partial charge in [0.25, 0.3) is 10.0 Å². The fourth-order valence-electron chi connectivity index (χ4n) is 4.66. The van der Waals surface area contributed by atoms with Crippen LogP contribution in [0.2, 0.25) is 0 Å². The Hall–Kier alpha value is -4.36. The van der Waals surface area contributed by atoms with Crippen LogP contribution in [0.5, 0.6) is 0 Å². The van der Waals surface area contributed by atoms with Gasteiger partial charge in [-0.05, 0) is 73.0 Å². The lowest BCUT2D eigenvalue weighted by atomic mass is 9.97. The summed E-state index contributed by atoms with van der Waals surface area (Å²) < 4.78 is 28.5. The first kappa shape index (κ1) is 23.1. The van der Waals surface area contributed by atoms with Gasteiger partial charge in [-0.3, -0.25) is 9.97 Å². The molecule has 0 aliphatic heterocycles. The van der Waals surface area contributed by atoms with Gasteiger partial charge in [-0.2, -0.15) is 0 Å². The van der Waals surface area contributed by atoms with Gasteiger partial charge in [-0.15, -0.1) is 0 Å². The van der Waals surface area contributed by atoms with E-state index in [0.29, 0.717) is 5.65 Å². The van der Waals surface area contributed by atoms with E-state index in [1.165, 1.54) is 3.97 Å². The van der Waals surface area contributed by atoms with Crippen molar-refractivity contribution >= 4 is 32.0 Å². The predicted octanol–water partition coefficient (Wildman–Crippen LogP) is 6.42. The van der Waals surface area contributed by atoms with Crippen molar-refractivity contribution in [3.8, 4) is 22.3 Å². The number of aryl methyl sites for hydroxylation is 2. The topological polar surface area (TPSA) is 77.7 Å². The largest absolute Gasteiger partial charge is 0.269 e. The van der Waals surface area contributed by atoms with Crippen molar-refractivity contribution in [1.82, 2.24) is 18.9 Å². The Morgan fingerprint density at radius 2 is 1.65 bits per heavy atom. The highest BCUT2D eigenvalue weighted by Crippen LogP contribution is 2.36. The third-order valence-corrected chi connectivity index (χ3v) is 8.28. The summed E-state index contributed by atoms with van der Waals surface area (Å²) in [5, 5.41) is 1.74. The van der Waals surface area contributed by atoms with Gasteiger partial charge in [0, 0.05) is 52.4 Å². The van der Waals surface area contributed by atoms with Crippen molar-refractivity contribution in [2.24, 2.45) is 0 Å². The first-order valence-electron chi connectivity index (χ1n) is 12.1. The maximum Gasteiger partial charge on any atom is 0.269 e. The van der Waals surface area contributed by atoms with Gasteiger partial charge >= 0.3 is 0 Å². The van der Waals surface area contributed by atoms with E-state index in [1.807, 2.05) is 49.5 Å². The van der Waals surface area contributed by atoms with Gasteiger partial charge in [-0.25, -0.2) is 17.4 Å². The van der Waals surface area contributed by atoms with E-state index >= 15 is 0 Å². The first-order valence-corrected chi connectivity index (χ1v) is 13.5. The molecule has 0 bridgehead atoms.